The minimum Gasteiger partial charge on any atom is -0.493 e. The molecule has 5 nitrogen and oxygen atoms in total. The highest BCUT2D eigenvalue weighted by Gasteiger charge is 2.31. The van der Waals surface area contributed by atoms with Crippen molar-refractivity contribution in [2.45, 2.75) is 20.8 Å². The zero-order chi connectivity index (χ0) is 20.5. The number of hydrogen-bond donors (Lipinski definition) is 0. The van der Waals surface area contributed by atoms with Crippen molar-refractivity contribution in [3.8, 4) is 28.4 Å². The summed E-state index contributed by atoms with van der Waals surface area (Å²) in [5.74, 6) is 1.77. The van der Waals surface area contributed by atoms with E-state index in [9.17, 15) is 4.79 Å². The van der Waals surface area contributed by atoms with Crippen LogP contribution in [0.3, 0.4) is 0 Å². The Hall–Kier alpha value is -2.95. The smallest absolute Gasteiger partial charge is 0.232 e. The number of para-hydroxylation sites is 1. The molecular weight excluding hydrogens is 354 g/mol. The first-order valence-corrected chi connectivity index (χ1v) is 9.24. The van der Waals surface area contributed by atoms with Crippen LogP contribution in [0.5, 0.6) is 17.2 Å². The monoisotopic (exact) mass is 381 g/mol. The zero-order valence-corrected chi connectivity index (χ0v) is 17.3. The quantitative estimate of drug-likeness (QED) is 0.767. The van der Waals surface area contributed by atoms with Gasteiger partial charge in [-0.3, -0.25) is 4.79 Å². The molecule has 0 saturated heterocycles. The molecular formula is C23H27NO4. The molecule has 0 spiro atoms. The SMILES string of the molecule is COc1cc2c(c(OC)c1OC)-c1ccccc1N(C(=O)C(C)(C)C)C/C=C\2. The standard InChI is InChI=1S/C23H27NO4/c1-23(2,3)22(25)24-13-9-10-15-14-18(26-4)20(27-5)21(28-6)19(15)16-11-7-8-12-17(16)24/h7-12,14H,13H2,1-6H3/b10-9-. The van der Waals surface area contributed by atoms with Crippen LogP contribution in [-0.4, -0.2) is 33.8 Å². The highest BCUT2D eigenvalue weighted by molar-refractivity contribution is 6.03. The molecule has 0 saturated carbocycles. The largest absolute Gasteiger partial charge is 0.493 e. The molecule has 0 aliphatic carbocycles. The molecule has 0 radical (unpaired) electrons. The van der Waals surface area contributed by atoms with Gasteiger partial charge in [0.1, 0.15) is 0 Å². The fourth-order valence-electron chi connectivity index (χ4n) is 3.49. The number of nitrogens with zero attached hydrogens (tertiary/aromatic N) is 1. The maximum absolute atomic E-state index is 13.2. The molecule has 0 N–H and O–H groups in total. The lowest BCUT2D eigenvalue weighted by molar-refractivity contribution is -0.125. The van der Waals surface area contributed by atoms with E-state index in [0.717, 1.165) is 22.4 Å². The van der Waals surface area contributed by atoms with Crippen LogP contribution in [-0.2, 0) is 4.79 Å². The van der Waals surface area contributed by atoms with Gasteiger partial charge in [0, 0.05) is 23.1 Å². The van der Waals surface area contributed by atoms with Crippen LogP contribution in [0.1, 0.15) is 26.3 Å². The Balaban J connectivity index is 2.34. The van der Waals surface area contributed by atoms with Gasteiger partial charge in [-0.1, -0.05) is 51.1 Å². The van der Waals surface area contributed by atoms with Crippen molar-refractivity contribution in [3.05, 3.63) is 42.0 Å². The summed E-state index contributed by atoms with van der Waals surface area (Å²) >= 11 is 0. The maximum atomic E-state index is 13.2. The summed E-state index contributed by atoms with van der Waals surface area (Å²) in [5, 5.41) is 0. The molecule has 3 rings (SSSR count). The van der Waals surface area contributed by atoms with Crippen molar-refractivity contribution in [1.29, 1.82) is 0 Å². The predicted octanol–water partition coefficient (Wildman–Crippen LogP) is 4.79. The Morgan fingerprint density at radius 1 is 1.00 bits per heavy atom. The Labute approximate surface area is 166 Å². The summed E-state index contributed by atoms with van der Waals surface area (Å²) in [4.78, 5) is 15.0. The Bertz CT molecular complexity index is 925. The second-order valence-corrected chi connectivity index (χ2v) is 7.69. The van der Waals surface area contributed by atoms with Gasteiger partial charge < -0.3 is 19.1 Å². The van der Waals surface area contributed by atoms with Crippen LogP contribution in [0.2, 0.25) is 0 Å². The highest BCUT2D eigenvalue weighted by atomic mass is 16.5. The highest BCUT2D eigenvalue weighted by Crippen LogP contribution is 2.50. The van der Waals surface area contributed by atoms with Gasteiger partial charge in [-0.05, 0) is 17.7 Å². The second-order valence-electron chi connectivity index (χ2n) is 7.69. The Morgan fingerprint density at radius 2 is 1.68 bits per heavy atom. The number of rotatable bonds is 3. The molecule has 1 aliphatic heterocycles. The lowest BCUT2D eigenvalue weighted by Gasteiger charge is -2.32. The van der Waals surface area contributed by atoms with Gasteiger partial charge in [-0.2, -0.15) is 0 Å². The molecule has 0 fully saturated rings. The number of amides is 1. The average molecular weight is 381 g/mol. The molecule has 28 heavy (non-hydrogen) atoms. The zero-order valence-electron chi connectivity index (χ0n) is 17.3. The number of fused-ring (bicyclic) bond motifs is 3. The van der Waals surface area contributed by atoms with Crippen molar-refractivity contribution in [1.82, 2.24) is 0 Å². The lowest BCUT2D eigenvalue weighted by atomic mass is 9.91. The van der Waals surface area contributed by atoms with Crippen LogP contribution < -0.4 is 19.1 Å². The summed E-state index contributed by atoms with van der Waals surface area (Å²) in [6, 6.07) is 9.82. The molecule has 0 aromatic heterocycles. The number of ether oxygens (including phenoxy) is 3. The van der Waals surface area contributed by atoms with Crippen molar-refractivity contribution < 1.29 is 19.0 Å². The maximum Gasteiger partial charge on any atom is 0.232 e. The third kappa shape index (κ3) is 3.33. The molecule has 1 amide bonds. The Morgan fingerprint density at radius 3 is 2.29 bits per heavy atom. The summed E-state index contributed by atoms with van der Waals surface area (Å²) < 4.78 is 16.8. The minimum atomic E-state index is -0.495. The van der Waals surface area contributed by atoms with Crippen LogP contribution in [0.25, 0.3) is 17.2 Å². The topological polar surface area (TPSA) is 48.0 Å². The molecule has 0 unspecified atom stereocenters. The van der Waals surface area contributed by atoms with E-state index in [-0.39, 0.29) is 5.91 Å². The molecule has 1 heterocycles. The van der Waals surface area contributed by atoms with Crippen molar-refractivity contribution >= 4 is 17.7 Å². The number of hydrogen-bond acceptors (Lipinski definition) is 4. The van der Waals surface area contributed by atoms with Gasteiger partial charge in [0.05, 0.1) is 27.0 Å². The van der Waals surface area contributed by atoms with E-state index in [1.165, 1.54) is 0 Å². The van der Waals surface area contributed by atoms with E-state index < -0.39 is 5.41 Å². The van der Waals surface area contributed by atoms with E-state index >= 15 is 0 Å². The lowest BCUT2D eigenvalue weighted by Crippen LogP contribution is -2.40. The average Bonchev–Trinajstić information content (AvgIpc) is 2.67. The van der Waals surface area contributed by atoms with Gasteiger partial charge in [-0.15, -0.1) is 0 Å². The first-order valence-electron chi connectivity index (χ1n) is 9.24. The van der Waals surface area contributed by atoms with Gasteiger partial charge in [0.15, 0.2) is 11.5 Å². The van der Waals surface area contributed by atoms with Crippen molar-refractivity contribution in [2.24, 2.45) is 5.41 Å². The minimum absolute atomic E-state index is 0.0625. The number of benzene rings is 2. The summed E-state index contributed by atoms with van der Waals surface area (Å²) in [7, 11) is 4.81. The number of anilines is 1. The van der Waals surface area contributed by atoms with E-state index in [1.54, 1.807) is 21.3 Å². The first-order chi connectivity index (χ1) is 13.3. The van der Waals surface area contributed by atoms with Crippen molar-refractivity contribution in [2.75, 3.05) is 32.8 Å². The van der Waals surface area contributed by atoms with Crippen molar-refractivity contribution in [3.63, 3.8) is 0 Å². The predicted molar refractivity (Wildman–Crippen MR) is 112 cm³/mol. The molecule has 5 heteroatoms. The van der Waals surface area contributed by atoms with E-state index in [4.69, 9.17) is 14.2 Å². The van der Waals surface area contributed by atoms with E-state index in [1.807, 2.05) is 68.2 Å². The second kappa shape index (κ2) is 7.58. The molecule has 148 valence electrons. The number of carbonyl (C=O) groups excluding carboxylic acids is 1. The Kier molecular flexibility index (Phi) is 5.36. The molecule has 0 bridgehead atoms. The molecule has 0 atom stereocenters. The third-order valence-electron chi connectivity index (χ3n) is 4.80. The fraction of sp³-hybridized carbons (Fsp3) is 0.348. The molecule has 1 aliphatic rings. The number of carbonyl (C=O) groups is 1. The number of methoxy groups -OCH3 is 3. The van der Waals surface area contributed by atoms with Gasteiger partial charge in [0.25, 0.3) is 0 Å². The van der Waals surface area contributed by atoms with Crippen LogP contribution in [0.15, 0.2) is 36.4 Å². The van der Waals surface area contributed by atoms with E-state index in [0.29, 0.717) is 23.8 Å². The molecule has 2 aromatic rings. The summed E-state index contributed by atoms with van der Waals surface area (Å²) in [5.41, 5.74) is 3.09. The van der Waals surface area contributed by atoms with Crippen LogP contribution in [0.4, 0.5) is 5.69 Å². The van der Waals surface area contributed by atoms with Gasteiger partial charge in [-0.25, -0.2) is 0 Å². The van der Waals surface area contributed by atoms with Crippen LogP contribution >= 0.6 is 0 Å². The first kappa shape index (κ1) is 19.8. The van der Waals surface area contributed by atoms with E-state index in [2.05, 4.69) is 0 Å². The summed E-state index contributed by atoms with van der Waals surface area (Å²) in [6.45, 7) is 6.29. The third-order valence-corrected chi connectivity index (χ3v) is 4.80. The van der Waals surface area contributed by atoms with Crippen LogP contribution in [0, 0.1) is 5.41 Å². The normalized spacial score (nSPS) is 14.3. The van der Waals surface area contributed by atoms with Gasteiger partial charge >= 0.3 is 0 Å². The summed E-state index contributed by atoms with van der Waals surface area (Å²) in [6.07, 6.45) is 3.99. The van der Waals surface area contributed by atoms with Gasteiger partial charge in [0.2, 0.25) is 11.7 Å². The fourth-order valence-corrected chi connectivity index (χ4v) is 3.49. The molecule has 2 aromatic carbocycles.